The third kappa shape index (κ3) is 6.70. The lowest BCUT2D eigenvalue weighted by Gasteiger charge is -2.31. The van der Waals surface area contributed by atoms with E-state index in [1.807, 2.05) is 30.3 Å². The number of likely N-dealkylation sites (N-methyl/N-ethyl adjacent to an activating group) is 1. The van der Waals surface area contributed by atoms with Crippen LogP contribution in [-0.4, -0.2) is 57.6 Å². The Balaban J connectivity index is 2.34. The van der Waals surface area contributed by atoms with Crippen LogP contribution in [0.3, 0.4) is 0 Å². The Morgan fingerprint density at radius 3 is 2.35 bits per heavy atom. The number of carbonyl (C=O) groups is 2. The maximum absolute atomic E-state index is 13.3. The molecule has 0 radical (unpaired) electrons. The Labute approximate surface area is 189 Å². The highest BCUT2D eigenvalue weighted by molar-refractivity contribution is 7.92. The van der Waals surface area contributed by atoms with Gasteiger partial charge < -0.3 is 10.2 Å². The lowest BCUT2D eigenvalue weighted by Crippen LogP contribution is -2.51. The third-order valence-electron chi connectivity index (χ3n) is 5.02. The number of nitrogens with one attached hydrogen (secondary N) is 1. The highest BCUT2D eigenvalue weighted by Crippen LogP contribution is 2.26. The lowest BCUT2D eigenvalue weighted by atomic mass is 10.1. The van der Waals surface area contributed by atoms with E-state index in [9.17, 15) is 18.0 Å². The van der Waals surface area contributed by atoms with E-state index in [4.69, 9.17) is 11.6 Å². The van der Waals surface area contributed by atoms with Crippen molar-refractivity contribution in [1.29, 1.82) is 0 Å². The number of carbonyl (C=O) groups excluding carboxylic acids is 2. The Bertz CT molecular complexity index is 1030. The van der Waals surface area contributed by atoms with Gasteiger partial charge >= 0.3 is 0 Å². The molecule has 0 saturated carbocycles. The highest BCUT2D eigenvalue weighted by atomic mass is 35.5. The lowest BCUT2D eigenvalue weighted by molar-refractivity contribution is -0.138. The van der Waals surface area contributed by atoms with Gasteiger partial charge in [0.25, 0.3) is 0 Å². The number of hydrogen-bond donors (Lipinski definition) is 1. The predicted molar refractivity (Wildman–Crippen MR) is 124 cm³/mol. The first kappa shape index (κ1) is 24.7. The molecule has 0 saturated heterocycles. The van der Waals surface area contributed by atoms with E-state index in [0.29, 0.717) is 22.7 Å². The second-order valence-electron chi connectivity index (χ2n) is 7.31. The number of sulfonamides is 1. The van der Waals surface area contributed by atoms with Gasteiger partial charge in [-0.1, -0.05) is 48.0 Å². The van der Waals surface area contributed by atoms with Gasteiger partial charge in [-0.15, -0.1) is 0 Å². The van der Waals surface area contributed by atoms with E-state index >= 15 is 0 Å². The van der Waals surface area contributed by atoms with Crippen molar-refractivity contribution >= 4 is 39.1 Å². The molecule has 0 aromatic heterocycles. The number of benzene rings is 2. The van der Waals surface area contributed by atoms with Crippen molar-refractivity contribution in [3.05, 3.63) is 64.7 Å². The fourth-order valence-electron chi connectivity index (χ4n) is 3.22. The fourth-order valence-corrected chi connectivity index (χ4v) is 4.29. The molecule has 1 atom stereocenters. The zero-order valence-corrected chi connectivity index (χ0v) is 19.7. The van der Waals surface area contributed by atoms with Crippen LogP contribution in [0.5, 0.6) is 0 Å². The maximum Gasteiger partial charge on any atom is 0.244 e. The van der Waals surface area contributed by atoms with Gasteiger partial charge in [0.05, 0.1) is 11.9 Å². The monoisotopic (exact) mass is 465 g/mol. The standard InChI is InChI=1S/C22H28ClN3O4S/c1-16-10-11-19(23)14-20(16)26(31(4,29)30)15-21(27)25(17(2)22(28)24-3)13-12-18-8-6-5-7-9-18/h5-11,14,17H,12-13,15H2,1-4H3,(H,24,28)/t17-/m0/s1. The van der Waals surface area contributed by atoms with Gasteiger partial charge in [0, 0.05) is 18.6 Å². The Kier molecular flexibility index (Phi) is 8.47. The summed E-state index contributed by atoms with van der Waals surface area (Å²) in [6, 6.07) is 13.7. The summed E-state index contributed by atoms with van der Waals surface area (Å²) in [5.74, 6) is -0.803. The topological polar surface area (TPSA) is 86.8 Å². The quantitative estimate of drug-likeness (QED) is 0.616. The average molecular weight is 466 g/mol. The molecule has 9 heteroatoms. The molecule has 0 aliphatic carbocycles. The third-order valence-corrected chi connectivity index (χ3v) is 6.38. The fraction of sp³-hybridized carbons (Fsp3) is 0.364. The van der Waals surface area contributed by atoms with E-state index in [2.05, 4.69) is 5.32 Å². The first-order valence-electron chi connectivity index (χ1n) is 9.83. The van der Waals surface area contributed by atoms with E-state index in [1.165, 1.54) is 18.0 Å². The average Bonchev–Trinajstić information content (AvgIpc) is 2.73. The molecule has 0 aliphatic rings. The first-order chi connectivity index (χ1) is 14.5. The van der Waals surface area contributed by atoms with Crippen LogP contribution < -0.4 is 9.62 Å². The summed E-state index contributed by atoms with van der Waals surface area (Å²) in [6.07, 6.45) is 1.57. The summed E-state index contributed by atoms with van der Waals surface area (Å²) in [6.45, 7) is 3.20. The highest BCUT2D eigenvalue weighted by Gasteiger charge is 2.30. The minimum atomic E-state index is -3.78. The van der Waals surface area contributed by atoms with Gasteiger partial charge in [-0.3, -0.25) is 13.9 Å². The summed E-state index contributed by atoms with van der Waals surface area (Å²) in [5, 5.41) is 2.91. The van der Waals surface area contributed by atoms with Crippen LogP contribution >= 0.6 is 11.6 Å². The minimum absolute atomic E-state index is 0.267. The van der Waals surface area contributed by atoms with Crippen molar-refractivity contribution in [3.63, 3.8) is 0 Å². The number of aryl methyl sites for hydroxylation is 1. The van der Waals surface area contributed by atoms with Crippen LogP contribution in [-0.2, 0) is 26.0 Å². The predicted octanol–water partition coefficient (Wildman–Crippen LogP) is 2.62. The van der Waals surface area contributed by atoms with Crippen molar-refractivity contribution in [2.75, 3.05) is 30.7 Å². The molecule has 7 nitrogen and oxygen atoms in total. The molecule has 31 heavy (non-hydrogen) atoms. The SMILES string of the molecule is CNC(=O)[C@H](C)N(CCc1ccccc1)C(=O)CN(c1cc(Cl)ccc1C)S(C)(=O)=O. The van der Waals surface area contributed by atoms with Crippen molar-refractivity contribution in [1.82, 2.24) is 10.2 Å². The number of amides is 2. The second kappa shape index (κ2) is 10.6. The number of halogens is 1. The van der Waals surface area contributed by atoms with Crippen LogP contribution in [0.2, 0.25) is 5.02 Å². The molecule has 2 amide bonds. The first-order valence-corrected chi connectivity index (χ1v) is 12.1. The van der Waals surface area contributed by atoms with Crippen LogP contribution in [0.4, 0.5) is 5.69 Å². The molecule has 0 unspecified atom stereocenters. The summed E-state index contributed by atoms with van der Waals surface area (Å²) in [5.41, 5.74) is 2.01. The molecule has 0 heterocycles. The van der Waals surface area contributed by atoms with E-state index < -0.39 is 28.5 Å². The number of nitrogens with zero attached hydrogens (tertiary/aromatic N) is 2. The largest absolute Gasteiger partial charge is 0.357 e. The maximum atomic E-state index is 13.3. The number of anilines is 1. The van der Waals surface area contributed by atoms with Gasteiger partial charge in [0.1, 0.15) is 12.6 Å². The Morgan fingerprint density at radius 2 is 1.77 bits per heavy atom. The Hall–Kier alpha value is -2.58. The van der Waals surface area contributed by atoms with Crippen LogP contribution in [0, 0.1) is 6.92 Å². The molecular weight excluding hydrogens is 438 g/mol. The summed E-state index contributed by atoms with van der Waals surface area (Å²) in [7, 11) is -2.28. The molecule has 0 spiro atoms. The molecule has 2 aromatic carbocycles. The van der Waals surface area contributed by atoms with E-state index in [-0.39, 0.29) is 12.5 Å². The summed E-state index contributed by atoms with van der Waals surface area (Å²) < 4.78 is 26.1. The normalized spacial score (nSPS) is 12.2. The summed E-state index contributed by atoms with van der Waals surface area (Å²) >= 11 is 6.07. The smallest absolute Gasteiger partial charge is 0.244 e. The van der Waals surface area contributed by atoms with Crippen molar-refractivity contribution < 1.29 is 18.0 Å². The van der Waals surface area contributed by atoms with Crippen molar-refractivity contribution in [2.45, 2.75) is 26.3 Å². The van der Waals surface area contributed by atoms with E-state index in [0.717, 1.165) is 16.1 Å². The van der Waals surface area contributed by atoms with Gasteiger partial charge in [0.15, 0.2) is 0 Å². The van der Waals surface area contributed by atoms with Crippen LogP contribution in [0.1, 0.15) is 18.1 Å². The van der Waals surface area contributed by atoms with Crippen LogP contribution in [0.15, 0.2) is 48.5 Å². The minimum Gasteiger partial charge on any atom is -0.357 e. The van der Waals surface area contributed by atoms with Crippen LogP contribution in [0.25, 0.3) is 0 Å². The molecule has 0 bridgehead atoms. The number of hydrogen-bond acceptors (Lipinski definition) is 4. The summed E-state index contributed by atoms with van der Waals surface area (Å²) in [4.78, 5) is 26.9. The molecule has 0 fully saturated rings. The molecule has 0 aliphatic heterocycles. The molecular formula is C22H28ClN3O4S. The zero-order chi connectivity index (χ0) is 23.2. The number of rotatable bonds is 9. The van der Waals surface area contributed by atoms with Gasteiger partial charge in [-0.05, 0) is 43.5 Å². The second-order valence-corrected chi connectivity index (χ2v) is 9.66. The van der Waals surface area contributed by atoms with Gasteiger partial charge in [0.2, 0.25) is 21.8 Å². The van der Waals surface area contributed by atoms with Crippen molar-refractivity contribution in [3.8, 4) is 0 Å². The molecule has 2 aromatic rings. The molecule has 168 valence electrons. The van der Waals surface area contributed by atoms with Gasteiger partial charge in [-0.2, -0.15) is 0 Å². The van der Waals surface area contributed by atoms with E-state index in [1.54, 1.807) is 26.0 Å². The van der Waals surface area contributed by atoms with Crippen molar-refractivity contribution in [2.24, 2.45) is 0 Å². The van der Waals surface area contributed by atoms with Gasteiger partial charge in [-0.25, -0.2) is 8.42 Å². The Morgan fingerprint density at radius 1 is 1.13 bits per heavy atom. The zero-order valence-electron chi connectivity index (χ0n) is 18.1. The molecule has 1 N–H and O–H groups in total. The molecule has 2 rings (SSSR count).